The summed E-state index contributed by atoms with van der Waals surface area (Å²) in [6, 6.07) is 3.82. The highest BCUT2D eigenvalue weighted by Gasteiger charge is 2.35. The number of rotatable bonds is 4. The molecule has 2 aromatic rings. The minimum atomic E-state index is -4.71. The maximum Gasteiger partial charge on any atom is 0.435 e. The van der Waals surface area contributed by atoms with E-state index in [2.05, 4.69) is 10.4 Å². The largest absolute Gasteiger partial charge is 0.506 e. The van der Waals surface area contributed by atoms with Gasteiger partial charge in [-0.2, -0.15) is 18.3 Å². The molecule has 0 spiro atoms. The number of phenolic OH excluding ortho intramolecular Hbond substituents is 1. The van der Waals surface area contributed by atoms with E-state index in [-0.39, 0.29) is 16.3 Å². The fourth-order valence-electron chi connectivity index (χ4n) is 1.98. The van der Waals surface area contributed by atoms with Crippen molar-refractivity contribution >= 4 is 21.4 Å². The lowest BCUT2D eigenvalue weighted by Crippen LogP contribution is -2.16. The van der Waals surface area contributed by atoms with Crippen LogP contribution < -0.4 is 5.32 Å². The van der Waals surface area contributed by atoms with Crippen LogP contribution in [0.3, 0.4) is 0 Å². The number of hydrogen-bond donors (Lipinski definition) is 2. The lowest BCUT2D eigenvalue weighted by atomic mass is 10.2. The molecule has 7 nitrogen and oxygen atoms in total. The minimum Gasteiger partial charge on any atom is -0.506 e. The van der Waals surface area contributed by atoms with Crippen LogP contribution in [0.1, 0.15) is 23.1 Å². The van der Waals surface area contributed by atoms with Gasteiger partial charge in [0.05, 0.1) is 16.3 Å². The Morgan fingerprint density at radius 3 is 2.48 bits per heavy atom. The molecule has 25 heavy (non-hydrogen) atoms. The van der Waals surface area contributed by atoms with Crippen LogP contribution in [0.2, 0.25) is 0 Å². The normalized spacial score (nSPS) is 12.2. The average molecular weight is 377 g/mol. The fourth-order valence-corrected chi connectivity index (χ4v) is 2.89. The van der Waals surface area contributed by atoms with E-state index in [1.807, 2.05) is 0 Å². The number of anilines is 1. The summed E-state index contributed by atoms with van der Waals surface area (Å²) in [5, 5.41) is 15.2. The van der Waals surface area contributed by atoms with E-state index in [0.29, 0.717) is 6.07 Å². The molecule has 136 valence electrons. The van der Waals surface area contributed by atoms with E-state index >= 15 is 0 Å². The third-order valence-electron chi connectivity index (χ3n) is 3.36. The Balaban J connectivity index is 2.36. The molecule has 11 heteroatoms. The molecule has 0 unspecified atom stereocenters. The van der Waals surface area contributed by atoms with E-state index in [9.17, 15) is 31.5 Å². The van der Waals surface area contributed by atoms with Gasteiger partial charge < -0.3 is 10.4 Å². The summed E-state index contributed by atoms with van der Waals surface area (Å²) in [7, 11) is -2.44. The molecule has 0 bridgehead atoms. The van der Waals surface area contributed by atoms with Gasteiger partial charge in [-0.15, -0.1) is 0 Å². The highest BCUT2D eigenvalue weighted by molar-refractivity contribution is 7.91. The van der Waals surface area contributed by atoms with Gasteiger partial charge in [-0.25, -0.2) is 8.42 Å². The van der Waals surface area contributed by atoms with Crippen LogP contribution in [0, 0.1) is 0 Å². The van der Waals surface area contributed by atoms with Gasteiger partial charge in [0, 0.05) is 13.1 Å². The molecular weight excluding hydrogens is 363 g/mol. The van der Waals surface area contributed by atoms with E-state index < -0.39 is 39.1 Å². The van der Waals surface area contributed by atoms with Gasteiger partial charge in [-0.05, 0) is 18.2 Å². The van der Waals surface area contributed by atoms with Crippen molar-refractivity contribution in [2.75, 3.05) is 11.1 Å². The number of hydrogen-bond acceptors (Lipinski definition) is 5. The highest BCUT2D eigenvalue weighted by Crippen LogP contribution is 2.30. The Labute approximate surface area is 141 Å². The number of carbonyl (C=O) groups is 1. The highest BCUT2D eigenvalue weighted by atomic mass is 32.2. The van der Waals surface area contributed by atoms with Crippen LogP contribution in [0.4, 0.5) is 18.9 Å². The van der Waals surface area contributed by atoms with Gasteiger partial charge >= 0.3 is 6.18 Å². The molecule has 0 saturated heterocycles. The number of phenols is 1. The molecule has 0 atom stereocenters. The Morgan fingerprint density at radius 2 is 1.96 bits per heavy atom. The summed E-state index contributed by atoms with van der Waals surface area (Å²) in [6.45, 7) is 1.43. The summed E-state index contributed by atoms with van der Waals surface area (Å²) in [5.41, 5.74) is -1.89. The first-order chi connectivity index (χ1) is 11.5. The summed E-state index contributed by atoms with van der Waals surface area (Å²) < 4.78 is 62.4. The monoisotopic (exact) mass is 377 g/mol. The summed E-state index contributed by atoms with van der Waals surface area (Å²) in [6.07, 6.45) is -4.71. The minimum absolute atomic E-state index is 0.135. The second-order valence-electron chi connectivity index (χ2n) is 5.07. The molecule has 1 aromatic carbocycles. The number of nitrogens with one attached hydrogen (secondary N) is 1. The maximum absolute atomic E-state index is 12.6. The number of halogens is 3. The molecule has 0 aliphatic rings. The lowest BCUT2D eigenvalue weighted by molar-refractivity contribution is -0.141. The molecule has 0 saturated carbocycles. The molecule has 0 fully saturated rings. The van der Waals surface area contributed by atoms with E-state index in [4.69, 9.17) is 0 Å². The molecule has 2 rings (SSSR count). The quantitative estimate of drug-likeness (QED) is 0.796. The third kappa shape index (κ3) is 3.92. The van der Waals surface area contributed by atoms with Crippen molar-refractivity contribution in [1.29, 1.82) is 0 Å². The zero-order valence-electron chi connectivity index (χ0n) is 13.1. The first-order valence-electron chi connectivity index (χ1n) is 6.94. The van der Waals surface area contributed by atoms with Crippen LogP contribution >= 0.6 is 0 Å². The molecule has 2 N–H and O–H groups in total. The van der Waals surface area contributed by atoms with Gasteiger partial charge in [0.15, 0.2) is 15.5 Å². The Morgan fingerprint density at radius 1 is 1.32 bits per heavy atom. The SMILES string of the molecule is CCS(=O)(=O)c1ccc(O)c(NC(=O)c2cc(C(F)(F)F)nn2C)c1. The predicted molar refractivity (Wildman–Crippen MR) is 82.0 cm³/mol. The second-order valence-corrected chi connectivity index (χ2v) is 7.35. The van der Waals surface area contributed by atoms with Crippen molar-refractivity contribution in [2.24, 2.45) is 7.05 Å². The van der Waals surface area contributed by atoms with Crippen molar-refractivity contribution in [3.8, 4) is 5.75 Å². The number of sulfone groups is 1. The third-order valence-corrected chi connectivity index (χ3v) is 5.09. The van der Waals surface area contributed by atoms with Gasteiger partial charge in [-0.3, -0.25) is 9.48 Å². The molecule has 1 aromatic heterocycles. The molecule has 0 radical (unpaired) electrons. The summed E-state index contributed by atoms with van der Waals surface area (Å²) in [5.74, 6) is -1.60. The molecule has 0 aliphatic carbocycles. The van der Waals surface area contributed by atoms with Crippen molar-refractivity contribution in [2.45, 2.75) is 18.0 Å². The van der Waals surface area contributed by atoms with Crippen LogP contribution in [-0.2, 0) is 23.1 Å². The van der Waals surface area contributed by atoms with Crippen molar-refractivity contribution < 1.29 is 31.5 Å². The van der Waals surface area contributed by atoms with Gasteiger partial charge in [0.25, 0.3) is 5.91 Å². The molecular formula is C14H14F3N3O4S. The number of carbonyl (C=O) groups excluding carboxylic acids is 1. The average Bonchev–Trinajstić information content (AvgIpc) is 2.91. The fraction of sp³-hybridized carbons (Fsp3) is 0.286. The molecule has 1 heterocycles. The van der Waals surface area contributed by atoms with Gasteiger partial charge in [0.1, 0.15) is 11.4 Å². The maximum atomic E-state index is 12.6. The zero-order valence-corrected chi connectivity index (χ0v) is 13.9. The first-order valence-corrected chi connectivity index (χ1v) is 8.59. The number of aromatic hydroxyl groups is 1. The number of nitrogens with zero attached hydrogens (tertiary/aromatic N) is 2. The van der Waals surface area contributed by atoms with Crippen LogP contribution in [0.15, 0.2) is 29.2 Å². The van der Waals surface area contributed by atoms with Crippen LogP contribution in [0.5, 0.6) is 5.75 Å². The smallest absolute Gasteiger partial charge is 0.435 e. The van der Waals surface area contributed by atoms with E-state index in [1.165, 1.54) is 6.92 Å². The van der Waals surface area contributed by atoms with Crippen molar-refractivity contribution in [3.63, 3.8) is 0 Å². The Kier molecular flexibility index (Phi) is 4.80. The molecule has 0 aliphatic heterocycles. The van der Waals surface area contributed by atoms with Crippen LogP contribution in [0.25, 0.3) is 0 Å². The van der Waals surface area contributed by atoms with Gasteiger partial charge in [-0.1, -0.05) is 6.92 Å². The van der Waals surface area contributed by atoms with Crippen LogP contribution in [-0.4, -0.2) is 35.0 Å². The first kappa shape index (κ1) is 18.8. The number of amides is 1. The number of aromatic nitrogens is 2. The standard InChI is InChI=1S/C14H14F3N3O4S/c1-3-25(23,24)8-4-5-11(21)9(6-8)18-13(22)10-7-12(14(15,16)17)19-20(10)2/h4-7,21H,3H2,1-2H3,(H,18,22). The zero-order chi connectivity index (χ0) is 19.0. The number of alkyl halides is 3. The summed E-state index contributed by atoms with van der Waals surface area (Å²) in [4.78, 5) is 12.0. The van der Waals surface area contributed by atoms with Crippen molar-refractivity contribution in [3.05, 3.63) is 35.7 Å². The number of aryl methyl sites for hydroxylation is 1. The topological polar surface area (TPSA) is 101 Å². The summed E-state index contributed by atoms with van der Waals surface area (Å²) >= 11 is 0. The van der Waals surface area contributed by atoms with E-state index in [0.717, 1.165) is 29.9 Å². The lowest BCUT2D eigenvalue weighted by Gasteiger charge is -2.09. The van der Waals surface area contributed by atoms with E-state index in [1.54, 1.807) is 0 Å². The molecule has 1 amide bonds. The second kappa shape index (κ2) is 6.39. The van der Waals surface area contributed by atoms with Crippen molar-refractivity contribution in [1.82, 2.24) is 9.78 Å². The number of benzene rings is 1. The Bertz CT molecular complexity index is 920. The Hall–Kier alpha value is -2.56. The predicted octanol–water partition coefficient (Wildman–Crippen LogP) is 2.19. The van der Waals surface area contributed by atoms with Gasteiger partial charge in [0.2, 0.25) is 0 Å².